The van der Waals surface area contributed by atoms with Crippen molar-refractivity contribution in [2.24, 2.45) is 23.2 Å². The number of ketones is 3. The molecule has 1 aliphatic heterocycles. The van der Waals surface area contributed by atoms with E-state index in [1.807, 2.05) is 32.0 Å². The third kappa shape index (κ3) is 8.88. The lowest BCUT2D eigenvalue weighted by Gasteiger charge is -2.28. The van der Waals surface area contributed by atoms with Gasteiger partial charge in [0.15, 0.2) is 18.2 Å². The third-order valence-electron chi connectivity index (χ3n) is 7.92. The average molecular weight is 571 g/mol. The molecule has 226 valence electrons. The number of hydrogen-bond donors (Lipinski definition) is 2. The summed E-state index contributed by atoms with van der Waals surface area (Å²) in [5.74, 6) is -1.51. The van der Waals surface area contributed by atoms with Crippen molar-refractivity contribution in [2.75, 3.05) is 19.0 Å². The van der Waals surface area contributed by atoms with Crippen molar-refractivity contribution in [1.82, 2.24) is 5.32 Å². The highest BCUT2D eigenvalue weighted by atomic mass is 16.5. The highest BCUT2D eigenvalue weighted by Crippen LogP contribution is 2.34. The van der Waals surface area contributed by atoms with Gasteiger partial charge in [0.1, 0.15) is 11.5 Å². The van der Waals surface area contributed by atoms with Gasteiger partial charge in [-0.15, -0.1) is 0 Å². The first-order valence-corrected chi connectivity index (χ1v) is 14.8. The van der Waals surface area contributed by atoms with Gasteiger partial charge in [0.2, 0.25) is 5.91 Å². The van der Waals surface area contributed by atoms with Crippen molar-refractivity contribution in [3.05, 3.63) is 23.8 Å². The number of fused-ring (bicyclic) bond motifs is 1. The Kier molecular flexibility index (Phi) is 11.1. The molecule has 2 aliphatic rings. The smallest absolute Gasteiger partial charge is 0.311 e. The molecular formula is C32H46N2O7. The van der Waals surface area contributed by atoms with Gasteiger partial charge in [-0.3, -0.25) is 24.0 Å². The van der Waals surface area contributed by atoms with Crippen LogP contribution in [0.4, 0.5) is 5.69 Å². The van der Waals surface area contributed by atoms with Gasteiger partial charge in [0, 0.05) is 42.3 Å². The Morgan fingerprint density at radius 2 is 1.85 bits per heavy atom. The van der Waals surface area contributed by atoms with Gasteiger partial charge in [-0.2, -0.15) is 0 Å². The number of esters is 1. The number of benzene rings is 1. The number of carbonyl (C=O) groups excluding carboxylic acids is 5. The first-order valence-electron chi connectivity index (χ1n) is 14.8. The number of amides is 1. The van der Waals surface area contributed by atoms with Gasteiger partial charge in [-0.1, -0.05) is 26.3 Å². The maximum Gasteiger partial charge on any atom is 0.311 e. The summed E-state index contributed by atoms with van der Waals surface area (Å²) in [6.45, 7) is 8.56. The predicted molar refractivity (Wildman–Crippen MR) is 156 cm³/mol. The molecule has 9 heteroatoms. The van der Waals surface area contributed by atoms with E-state index in [1.54, 1.807) is 27.9 Å². The summed E-state index contributed by atoms with van der Waals surface area (Å²) in [6, 6.07) is 4.16. The van der Waals surface area contributed by atoms with Crippen LogP contribution in [0.2, 0.25) is 0 Å². The minimum Gasteiger partial charge on any atom is -0.496 e. The van der Waals surface area contributed by atoms with Gasteiger partial charge in [0.05, 0.1) is 24.6 Å². The van der Waals surface area contributed by atoms with E-state index in [4.69, 9.17) is 9.47 Å². The minimum atomic E-state index is -0.981. The molecule has 4 atom stereocenters. The third-order valence-corrected chi connectivity index (χ3v) is 7.92. The number of Topliss-reactive ketones (excluding diaryl/α,β-unsaturated/α-hetero) is 3. The van der Waals surface area contributed by atoms with Crippen LogP contribution < -0.4 is 15.4 Å². The molecule has 0 radical (unpaired) electrons. The number of carbonyl (C=O) groups is 5. The normalized spacial score (nSPS) is 20.0. The summed E-state index contributed by atoms with van der Waals surface area (Å²) < 4.78 is 10.7. The molecule has 41 heavy (non-hydrogen) atoms. The average Bonchev–Trinajstić information content (AvgIpc) is 3.36. The molecule has 0 bridgehead atoms. The minimum absolute atomic E-state index is 0.0142. The van der Waals surface area contributed by atoms with Crippen LogP contribution in [0.1, 0.15) is 85.1 Å². The largest absolute Gasteiger partial charge is 0.496 e. The highest BCUT2D eigenvalue weighted by Gasteiger charge is 2.36. The van der Waals surface area contributed by atoms with Crippen LogP contribution in [-0.4, -0.2) is 55.0 Å². The maximum absolute atomic E-state index is 13.6. The van der Waals surface area contributed by atoms with Crippen LogP contribution in [-0.2, 0) is 35.1 Å². The fourth-order valence-corrected chi connectivity index (χ4v) is 5.58. The number of hydrogen-bond acceptors (Lipinski definition) is 8. The van der Waals surface area contributed by atoms with E-state index in [0.29, 0.717) is 31.4 Å². The fraction of sp³-hybridized carbons (Fsp3) is 0.656. The van der Waals surface area contributed by atoms with Crippen LogP contribution >= 0.6 is 0 Å². The zero-order valence-electron chi connectivity index (χ0n) is 25.3. The van der Waals surface area contributed by atoms with E-state index >= 15 is 0 Å². The molecule has 1 aliphatic carbocycles. The molecule has 1 amide bonds. The molecule has 1 fully saturated rings. The molecular weight excluding hydrogens is 524 g/mol. The zero-order valence-corrected chi connectivity index (χ0v) is 25.3. The second-order valence-electron chi connectivity index (χ2n) is 12.9. The number of anilines is 1. The van der Waals surface area contributed by atoms with Crippen molar-refractivity contribution in [3.63, 3.8) is 0 Å². The lowest BCUT2D eigenvalue weighted by Crippen LogP contribution is -2.48. The number of rotatable bonds is 13. The molecule has 1 aromatic rings. The second-order valence-corrected chi connectivity index (χ2v) is 12.9. The maximum atomic E-state index is 13.6. The number of nitrogens with one attached hydrogen (secondary N) is 2. The Bertz CT molecular complexity index is 1140. The zero-order chi connectivity index (χ0) is 30.3. The van der Waals surface area contributed by atoms with Gasteiger partial charge in [-0.25, -0.2) is 0 Å². The molecule has 1 unspecified atom stereocenters. The van der Waals surface area contributed by atoms with Gasteiger partial charge >= 0.3 is 5.97 Å². The first-order chi connectivity index (χ1) is 19.3. The Labute approximate surface area is 243 Å². The molecule has 3 rings (SSSR count). The summed E-state index contributed by atoms with van der Waals surface area (Å²) in [7, 11) is 1.59. The van der Waals surface area contributed by atoms with Crippen molar-refractivity contribution < 1.29 is 33.4 Å². The monoisotopic (exact) mass is 570 g/mol. The van der Waals surface area contributed by atoms with E-state index in [-0.39, 0.29) is 36.2 Å². The van der Waals surface area contributed by atoms with E-state index in [2.05, 4.69) is 10.6 Å². The van der Waals surface area contributed by atoms with Crippen molar-refractivity contribution >= 4 is 34.9 Å². The lowest BCUT2D eigenvalue weighted by molar-refractivity contribution is -0.156. The lowest BCUT2D eigenvalue weighted by atomic mass is 9.82. The Morgan fingerprint density at radius 3 is 2.49 bits per heavy atom. The Balaban J connectivity index is 1.72. The quantitative estimate of drug-likeness (QED) is 0.333. The van der Waals surface area contributed by atoms with E-state index in [0.717, 1.165) is 24.1 Å². The van der Waals surface area contributed by atoms with Gasteiger partial charge in [0.25, 0.3) is 0 Å². The molecule has 1 aromatic carbocycles. The SMILES string of the molecule is COc1cccc2c1CC(C(=O)C[C@@H](CC(C)C)C(=O)N[C@@H](C[C@@H]1CCCCC1=O)C(=O)COC(=O)C(C)(C)C)N2. The predicted octanol–water partition coefficient (Wildman–Crippen LogP) is 4.45. The molecule has 0 saturated heterocycles. The van der Waals surface area contributed by atoms with E-state index in [9.17, 15) is 24.0 Å². The summed E-state index contributed by atoms with van der Waals surface area (Å²) in [5, 5.41) is 6.12. The van der Waals surface area contributed by atoms with Gasteiger partial charge in [-0.05, 0) is 64.5 Å². The summed E-state index contributed by atoms with van der Waals surface area (Å²) in [5.41, 5.74) is 1.00. The van der Waals surface area contributed by atoms with E-state index < -0.39 is 47.7 Å². The van der Waals surface area contributed by atoms with Crippen molar-refractivity contribution in [3.8, 4) is 5.75 Å². The molecule has 0 aromatic heterocycles. The Hall–Kier alpha value is -3.23. The van der Waals surface area contributed by atoms with Crippen molar-refractivity contribution in [1.29, 1.82) is 0 Å². The fourth-order valence-electron chi connectivity index (χ4n) is 5.58. The topological polar surface area (TPSA) is 128 Å². The van der Waals surface area contributed by atoms with Crippen LogP contribution in [0.5, 0.6) is 5.75 Å². The Morgan fingerprint density at radius 1 is 1.12 bits per heavy atom. The second kappa shape index (κ2) is 14.1. The van der Waals surface area contributed by atoms with Crippen LogP contribution in [0.3, 0.4) is 0 Å². The molecule has 2 N–H and O–H groups in total. The molecule has 9 nitrogen and oxygen atoms in total. The van der Waals surface area contributed by atoms with Gasteiger partial charge < -0.3 is 20.1 Å². The van der Waals surface area contributed by atoms with Crippen LogP contribution in [0.25, 0.3) is 0 Å². The van der Waals surface area contributed by atoms with Crippen LogP contribution in [0.15, 0.2) is 18.2 Å². The summed E-state index contributed by atoms with van der Waals surface area (Å²) in [4.78, 5) is 65.2. The molecule has 1 saturated carbocycles. The van der Waals surface area contributed by atoms with E-state index in [1.165, 1.54) is 0 Å². The molecule has 1 heterocycles. The number of ether oxygens (including phenoxy) is 2. The standard InChI is InChI=1S/C32H46N2O7/c1-19(2)14-21(16-27(36)25-17-22-23(33-25)11-9-13-29(22)40-6)30(38)34-24(15-20-10-7-8-12-26(20)35)28(37)18-41-31(39)32(3,4)5/h9,11,13,19-21,24-25,33H,7-8,10,12,14-18H2,1-6H3,(H,34,38)/t20-,21+,24-,25?/m0/s1. The first kappa shape index (κ1) is 32.3. The van der Waals surface area contributed by atoms with Crippen LogP contribution in [0, 0.1) is 23.2 Å². The summed E-state index contributed by atoms with van der Waals surface area (Å²) >= 11 is 0. The van der Waals surface area contributed by atoms with Crippen molar-refractivity contribution in [2.45, 2.75) is 98.1 Å². The highest BCUT2D eigenvalue weighted by molar-refractivity contribution is 5.96. The summed E-state index contributed by atoms with van der Waals surface area (Å²) in [6.07, 6.45) is 3.94. The number of methoxy groups -OCH3 is 1. The molecule has 0 spiro atoms.